The Morgan fingerprint density at radius 3 is 2.22 bits per heavy atom. The van der Waals surface area contributed by atoms with Gasteiger partial charge in [-0.15, -0.1) is 0 Å². The Kier molecular flexibility index (Phi) is 10.8. The average Bonchev–Trinajstić information content (AvgIpc) is 2.83. The van der Waals surface area contributed by atoms with Crippen LogP contribution in [-0.4, -0.2) is 60.1 Å². The van der Waals surface area contributed by atoms with E-state index in [0.717, 1.165) is 5.75 Å². The molecule has 0 fully saturated rings. The Bertz CT molecular complexity index is 1170. The summed E-state index contributed by atoms with van der Waals surface area (Å²) >= 11 is 0. The second-order valence-corrected chi connectivity index (χ2v) is 9.77. The Labute approximate surface area is 217 Å². The van der Waals surface area contributed by atoms with Crippen LogP contribution in [-0.2, 0) is 16.1 Å². The van der Waals surface area contributed by atoms with Crippen molar-refractivity contribution >= 4 is 23.3 Å². The third kappa shape index (κ3) is 8.40. The van der Waals surface area contributed by atoms with E-state index in [9.17, 15) is 19.2 Å². The van der Waals surface area contributed by atoms with E-state index in [4.69, 9.17) is 15.2 Å². The summed E-state index contributed by atoms with van der Waals surface area (Å²) in [6, 6.07) is 7.14. The van der Waals surface area contributed by atoms with E-state index >= 15 is 0 Å². The fourth-order valence-corrected chi connectivity index (χ4v) is 3.72. The number of carbonyl (C=O) groups excluding carboxylic acids is 2. The Morgan fingerprint density at radius 2 is 1.65 bits per heavy atom. The lowest BCUT2D eigenvalue weighted by molar-refractivity contribution is -0.134. The van der Waals surface area contributed by atoms with Gasteiger partial charge >= 0.3 is 5.69 Å². The fourth-order valence-electron chi connectivity index (χ4n) is 3.72. The molecule has 3 N–H and O–H groups in total. The lowest BCUT2D eigenvalue weighted by Crippen LogP contribution is -2.47. The van der Waals surface area contributed by atoms with E-state index in [1.165, 1.54) is 21.4 Å². The summed E-state index contributed by atoms with van der Waals surface area (Å²) in [5.41, 5.74) is 4.80. The number of methoxy groups -OCH3 is 1. The second kappa shape index (κ2) is 13.5. The first kappa shape index (κ1) is 29.5. The van der Waals surface area contributed by atoms with Crippen LogP contribution >= 0.6 is 0 Å². The van der Waals surface area contributed by atoms with Gasteiger partial charge < -0.3 is 25.0 Å². The molecule has 11 nitrogen and oxygen atoms in total. The number of nitrogens with one attached hydrogen (secondary N) is 1. The minimum Gasteiger partial charge on any atom is -0.497 e. The van der Waals surface area contributed by atoms with Crippen molar-refractivity contribution in [3.05, 3.63) is 45.1 Å². The highest BCUT2D eigenvalue weighted by Gasteiger charge is 2.26. The highest BCUT2D eigenvalue weighted by Crippen LogP contribution is 2.20. The number of aromatic nitrogens is 2. The van der Waals surface area contributed by atoms with Gasteiger partial charge in [0, 0.05) is 26.6 Å². The maximum Gasteiger partial charge on any atom is 0.330 e. The molecule has 0 saturated heterocycles. The minimum absolute atomic E-state index is 0.00402. The summed E-state index contributed by atoms with van der Waals surface area (Å²) in [4.78, 5) is 55.9. The van der Waals surface area contributed by atoms with Crippen molar-refractivity contribution in [1.29, 1.82) is 0 Å². The van der Waals surface area contributed by atoms with Crippen molar-refractivity contribution in [3.63, 3.8) is 0 Å². The number of H-pyrrole nitrogens is 1. The first-order valence-corrected chi connectivity index (χ1v) is 12.4. The zero-order valence-electron chi connectivity index (χ0n) is 22.6. The van der Waals surface area contributed by atoms with Gasteiger partial charge in [-0.1, -0.05) is 27.7 Å². The van der Waals surface area contributed by atoms with Crippen LogP contribution in [0.25, 0.3) is 0 Å². The molecule has 11 heteroatoms. The number of likely N-dealkylation sites (N-methyl/N-ethyl adjacent to an activating group) is 1. The molecule has 0 saturated carbocycles. The molecule has 204 valence electrons. The molecular weight excluding hydrogens is 478 g/mol. The van der Waals surface area contributed by atoms with Gasteiger partial charge in [-0.05, 0) is 42.5 Å². The smallest absolute Gasteiger partial charge is 0.330 e. The number of anilines is 2. The average molecular weight is 518 g/mol. The summed E-state index contributed by atoms with van der Waals surface area (Å²) in [6.45, 7) is 8.19. The van der Waals surface area contributed by atoms with Crippen molar-refractivity contribution < 1.29 is 19.1 Å². The molecule has 2 aromatic rings. The van der Waals surface area contributed by atoms with E-state index < -0.39 is 17.2 Å². The van der Waals surface area contributed by atoms with Gasteiger partial charge in [0.1, 0.15) is 17.3 Å². The van der Waals surface area contributed by atoms with Crippen LogP contribution in [0.4, 0.5) is 11.5 Å². The molecule has 37 heavy (non-hydrogen) atoms. The van der Waals surface area contributed by atoms with Crippen LogP contribution in [0, 0.1) is 11.8 Å². The van der Waals surface area contributed by atoms with Crippen LogP contribution < -0.4 is 31.4 Å². The van der Waals surface area contributed by atoms with Crippen LogP contribution in [0.1, 0.15) is 40.5 Å². The summed E-state index contributed by atoms with van der Waals surface area (Å²) in [7, 11) is 3.12. The summed E-state index contributed by atoms with van der Waals surface area (Å²) in [6.07, 6.45) is 0.651. The molecule has 2 rings (SSSR count). The van der Waals surface area contributed by atoms with Crippen molar-refractivity contribution in [3.8, 4) is 11.5 Å². The maximum absolute atomic E-state index is 13.3. The molecule has 0 bridgehead atoms. The molecule has 0 aliphatic carbocycles. The molecule has 0 aliphatic rings. The fraction of sp³-hybridized carbons (Fsp3) is 0.538. The largest absolute Gasteiger partial charge is 0.497 e. The highest BCUT2D eigenvalue weighted by atomic mass is 16.5. The molecule has 0 spiro atoms. The maximum atomic E-state index is 13.3. The number of rotatable bonds is 13. The van der Waals surface area contributed by atoms with Crippen LogP contribution in [0.15, 0.2) is 33.9 Å². The first-order valence-electron chi connectivity index (χ1n) is 12.4. The van der Waals surface area contributed by atoms with Gasteiger partial charge in [0.2, 0.25) is 11.8 Å². The van der Waals surface area contributed by atoms with Crippen LogP contribution in [0.2, 0.25) is 0 Å². The summed E-state index contributed by atoms with van der Waals surface area (Å²) in [5.74, 6) is 0.718. The van der Waals surface area contributed by atoms with Crippen molar-refractivity contribution in [2.45, 2.75) is 47.1 Å². The number of nitrogen functional groups attached to an aromatic ring is 1. The standard InChI is InChI=1S/C26H39N5O6/c1-17(2)14-30(23-24(27)31(15-18(3)4)26(35)28-25(23)34)22(33)16-29(5)21(32)8-7-13-37-20-11-9-19(36-6)10-12-20/h9-12,17-18H,7-8,13-16,27H2,1-6H3,(H,28,34,35). The third-order valence-corrected chi connectivity index (χ3v) is 5.54. The van der Waals surface area contributed by atoms with E-state index in [-0.39, 0.29) is 55.3 Å². The predicted molar refractivity (Wildman–Crippen MR) is 143 cm³/mol. The Morgan fingerprint density at radius 1 is 1.03 bits per heavy atom. The third-order valence-electron chi connectivity index (χ3n) is 5.54. The van der Waals surface area contributed by atoms with Gasteiger partial charge in [-0.3, -0.25) is 23.9 Å². The van der Waals surface area contributed by atoms with E-state index in [0.29, 0.717) is 18.8 Å². The van der Waals surface area contributed by atoms with E-state index in [2.05, 4.69) is 4.98 Å². The number of nitrogens with zero attached hydrogens (tertiary/aromatic N) is 3. The summed E-state index contributed by atoms with van der Waals surface area (Å²) < 4.78 is 12.0. The molecule has 0 atom stereocenters. The number of benzene rings is 1. The Hall–Kier alpha value is -3.76. The van der Waals surface area contributed by atoms with Gasteiger partial charge in [-0.2, -0.15) is 0 Å². The van der Waals surface area contributed by atoms with Gasteiger partial charge in [0.05, 0.1) is 20.3 Å². The topological polar surface area (TPSA) is 140 Å². The molecule has 0 unspecified atom stereocenters. The SMILES string of the molecule is COc1ccc(OCCCC(=O)N(C)CC(=O)N(CC(C)C)c2c(N)n(CC(C)C)c(=O)[nH]c2=O)cc1. The number of nitrogens with two attached hydrogens (primary N) is 1. The van der Waals surface area contributed by atoms with Gasteiger partial charge in [0.25, 0.3) is 5.56 Å². The first-order chi connectivity index (χ1) is 17.4. The number of amides is 2. The van der Waals surface area contributed by atoms with Crippen LogP contribution in [0.5, 0.6) is 11.5 Å². The Balaban J connectivity index is 2.07. The minimum atomic E-state index is -0.735. The molecule has 1 aromatic heterocycles. The van der Waals surface area contributed by atoms with Crippen molar-refractivity contribution in [1.82, 2.24) is 14.5 Å². The number of aromatic amines is 1. The second-order valence-electron chi connectivity index (χ2n) is 9.77. The number of hydrogen-bond donors (Lipinski definition) is 2. The summed E-state index contributed by atoms with van der Waals surface area (Å²) in [5, 5.41) is 0. The lowest BCUT2D eigenvalue weighted by atomic mass is 10.2. The van der Waals surface area contributed by atoms with Crippen molar-refractivity contribution in [2.75, 3.05) is 44.5 Å². The van der Waals surface area contributed by atoms with Crippen molar-refractivity contribution in [2.24, 2.45) is 11.8 Å². The molecule has 0 radical (unpaired) electrons. The molecule has 2 amide bonds. The van der Waals surface area contributed by atoms with Gasteiger partial charge in [0.15, 0.2) is 5.69 Å². The monoisotopic (exact) mass is 517 g/mol. The predicted octanol–water partition coefficient (Wildman–Crippen LogP) is 2.09. The van der Waals surface area contributed by atoms with Crippen LogP contribution in [0.3, 0.4) is 0 Å². The van der Waals surface area contributed by atoms with E-state index in [1.54, 1.807) is 31.4 Å². The van der Waals surface area contributed by atoms with Gasteiger partial charge in [-0.25, -0.2) is 4.79 Å². The normalized spacial score (nSPS) is 11.0. The number of hydrogen-bond acceptors (Lipinski definition) is 7. The van der Waals surface area contributed by atoms with E-state index in [1.807, 2.05) is 27.7 Å². The number of ether oxygens (including phenoxy) is 2. The molecule has 1 aromatic carbocycles. The zero-order valence-corrected chi connectivity index (χ0v) is 22.6. The molecule has 1 heterocycles. The quantitative estimate of drug-likeness (QED) is 0.388. The highest BCUT2D eigenvalue weighted by molar-refractivity contribution is 5.98. The lowest BCUT2D eigenvalue weighted by Gasteiger charge is -2.28. The zero-order chi connectivity index (χ0) is 27.7. The molecule has 0 aliphatic heterocycles. The molecular formula is C26H39N5O6. The number of carbonyl (C=O) groups is 2.